The molecule has 0 aliphatic carbocycles. The van der Waals surface area contributed by atoms with Crippen molar-refractivity contribution in [2.45, 2.75) is 13.0 Å². The molecule has 1 unspecified atom stereocenters. The number of hydrogen-bond donors (Lipinski definition) is 2. The van der Waals surface area contributed by atoms with Gasteiger partial charge < -0.3 is 0 Å². The summed E-state index contributed by atoms with van der Waals surface area (Å²) in [6, 6.07) is 9.63. The standard InChI is InChI=1S/C13H14ClN3/c1-9-4-5-11(12(14)7-9)13(17-15)10-3-2-6-16-8-10/h2-8,13,17H,15H2,1H3. The van der Waals surface area contributed by atoms with Crippen molar-refractivity contribution >= 4 is 11.6 Å². The summed E-state index contributed by atoms with van der Waals surface area (Å²) in [6.45, 7) is 2.00. The molecular weight excluding hydrogens is 234 g/mol. The van der Waals surface area contributed by atoms with E-state index in [0.29, 0.717) is 5.02 Å². The second-order valence-electron chi connectivity index (χ2n) is 3.91. The van der Waals surface area contributed by atoms with E-state index < -0.39 is 0 Å². The number of rotatable bonds is 3. The van der Waals surface area contributed by atoms with Crippen LogP contribution in [0.1, 0.15) is 22.7 Å². The number of halogens is 1. The average Bonchev–Trinajstić information content (AvgIpc) is 2.34. The lowest BCUT2D eigenvalue weighted by molar-refractivity contribution is 0.635. The molecule has 0 saturated carbocycles. The maximum absolute atomic E-state index is 6.24. The largest absolute Gasteiger partial charge is 0.271 e. The first-order valence-corrected chi connectivity index (χ1v) is 5.72. The highest BCUT2D eigenvalue weighted by Crippen LogP contribution is 2.28. The van der Waals surface area contributed by atoms with Gasteiger partial charge in [-0.25, -0.2) is 5.43 Å². The fourth-order valence-corrected chi connectivity index (χ4v) is 2.12. The summed E-state index contributed by atoms with van der Waals surface area (Å²) >= 11 is 6.24. The van der Waals surface area contributed by atoms with Crippen LogP contribution in [-0.4, -0.2) is 4.98 Å². The molecule has 17 heavy (non-hydrogen) atoms. The number of pyridine rings is 1. The number of hydrogen-bond acceptors (Lipinski definition) is 3. The van der Waals surface area contributed by atoms with Crippen LogP contribution in [-0.2, 0) is 0 Å². The summed E-state index contributed by atoms with van der Waals surface area (Å²) in [5, 5.41) is 0.705. The van der Waals surface area contributed by atoms with Crippen molar-refractivity contribution in [3.63, 3.8) is 0 Å². The van der Waals surface area contributed by atoms with E-state index in [0.717, 1.165) is 16.7 Å². The van der Waals surface area contributed by atoms with Crippen LogP contribution in [0.2, 0.25) is 5.02 Å². The van der Waals surface area contributed by atoms with Crippen LogP contribution in [0.15, 0.2) is 42.7 Å². The summed E-state index contributed by atoms with van der Waals surface area (Å²) in [5.74, 6) is 5.61. The topological polar surface area (TPSA) is 50.9 Å². The second kappa shape index (κ2) is 5.27. The molecule has 0 amide bonds. The first kappa shape index (κ1) is 12.0. The van der Waals surface area contributed by atoms with E-state index in [1.165, 1.54) is 0 Å². The average molecular weight is 248 g/mol. The van der Waals surface area contributed by atoms with Gasteiger partial charge in [-0.2, -0.15) is 0 Å². The van der Waals surface area contributed by atoms with Crippen molar-refractivity contribution in [2.24, 2.45) is 5.84 Å². The van der Waals surface area contributed by atoms with Gasteiger partial charge >= 0.3 is 0 Å². The van der Waals surface area contributed by atoms with Crippen molar-refractivity contribution < 1.29 is 0 Å². The fraction of sp³-hybridized carbons (Fsp3) is 0.154. The molecule has 0 aliphatic rings. The predicted molar refractivity (Wildman–Crippen MR) is 69.6 cm³/mol. The van der Waals surface area contributed by atoms with Gasteiger partial charge in [-0.3, -0.25) is 10.8 Å². The van der Waals surface area contributed by atoms with Crippen LogP contribution in [0, 0.1) is 6.92 Å². The molecule has 0 bridgehead atoms. The molecule has 1 aromatic heterocycles. The highest BCUT2D eigenvalue weighted by molar-refractivity contribution is 6.31. The first-order valence-electron chi connectivity index (χ1n) is 5.34. The smallest absolute Gasteiger partial charge is 0.0739 e. The van der Waals surface area contributed by atoms with E-state index in [9.17, 15) is 0 Å². The zero-order valence-corrected chi connectivity index (χ0v) is 10.3. The molecule has 88 valence electrons. The van der Waals surface area contributed by atoms with Gasteiger partial charge in [-0.05, 0) is 35.7 Å². The van der Waals surface area contributed by atoms with Gasteiger partial charge in [0.05, 0.1) is 6.04 Å². The van der Waals surface area contributed by atoms with Gasteiger partial charge in [0, 0.05) is 17.4 Å². The van der Waals surface area contributed by atoms with E-state index in [1.807, 2.05) is 37.3 Å². The summed E-state index contributed by atoms with van der Waals surface area (Å²) in [5.41, 5.74) is 5.83. The van der Waals surface area contributed by atoms with Gasteiger partial charge in [0.25, 0.3) is 0 Å². The van der Waals surface area contributed by atoms with Crippen molar-refractivity contribution in [1.29, 1.82) is 0 Å². The molecule has 3 nitrogen and oxygen atoms in total. The Hall–Kier alpha value is -1.42. The molecule has 1 atom stereocenters. The van der Waals surface area contributed by atoms with Gasteiger partial charge in [0.2, 0.25) is 0 Å². The van der Waals surface area contributed by atoms with E-state index >= 15 is 0 Å². The lowest BCUT2D eigenvalue weighted by Crippen LogP contribution is -2.29. The normalized spacial score (nSPS) is 12.4. The molecule has 4 heteroatoms. The summed E-state index contributed by atoms with van der Waals surface area (Å²) in [7, 11) is 0. The summed E-state index contributed by atoms with van der Waals surface area (Å²) in [4.78, 5) is 4.09. The quantitative estimate of drug-likeness (QED) is 0.648. The molecular formula is C13H14ClN3. The maximum atomic E-state index is 6.24. The Kier molecular flexibility index (Phi) is 3.74. The Balaban J connectivity index is 2.42. The zero-order valence-electron chi connectivity index (χ0n) is 9.52. The molecule has 3 N–H and O–H groups in total. The van der Waals surface area contributed by atoms with Gasteiger partial charge in [-0.15, -0.1) is 0 Å². The molecule has 1 heterocycles. The minimum atomic E-state index is -0.142. The minimum absolute atomic E-state index is 0.142. The van der Waals surface area contributed by atoms with E-state index in [-0.39, 0.29) is 6.04 Å². The molecule has 0 aliphatic heterocycles. The number of benzene rings is 1. The van der Waals surface area contributed by atoms with Crippen molar-refractivity contribution in [2.75, 3.05) is 0 Å². The fourth-order valence-electron chi connectivity index (χ4n) is 1.78. The first-order chi connectivity index (χ1) is 8.22. The molecule has 2 aromatic rings. The maximum Gasteiger partial charge on any atom is 0.0739 e. The number of aromatic nitrogens is 1. The Morgan fingerprint density at radius 1 is 1.35 bits per heavy atom. The molecule has 0 spiro atoms. The second-order valence-corrected chi connectivity index (χ2v) is 4.32. The van der Waals surface area contributed by atoms with Gasteiger partial charge in [0.15, 0.2) is 0 Å². The Morgan fingerprint density at radius 3 is 2.76 bits per heavy atom. The minimum Gasteiger partial charge on any atom is -0.271 e. The third-order valence-corrected chi connectivity index (χ3v) is 2.98. The van der Waals surface area contributed by atoms with Gasteiger partial charge in [-0.1, -0.05) is 29.8 Å². The SMILES string of the molecule is Cc1ccc(C(NN)c2cccnc2)c(Cl)c1. The Bertz CT molecular complexity index is 499. The van der Waals surface area contributed by atoms with Crippen LogP contribution >= 0.6 is 11.6 Å². The lowest BCUT2D eigenvalue weighted by Gasteiger charge is -2.18. The summed E-state index contributed by atoms with van der Waals surface area (Å²) in [6.07, 6.45) is 3.51. The highest BCUT2D eigenvalue weighted by Gasteiger charge is 2.15. The van der Waals surface area contributed by atoms with E-state index in [1.54, 1.807) is 12.4 Å². The third-order valence-electron chi connectivity index (χ3n) is 2.65. The number of nitrogens with zero attached hydrogens (tertiary/aromatic N) is 1. The van der Waals surface area contributed by atoms with Crippen LogP contribution in [0.3, 0.4) is 0 Å². The van der Waals surface area contributed by atoms with Crippen LogP contribution in [0.4, 0.5) is 0 Å². The number of nitrogens with two attached hydrogens (primary N) is 1. The van der Waals surface area contributed by atoms with Crippen molar-refractivity contribution in [3.8, 4) is 0 Å². The summed E-state index contributed by atoms with van der Waals surface area (Å²) < 4.78 is 0. The zero-order chi connectivity index (χ0) is 12.3. The highest BCUT2D eigenvalue weighted by atomic mass is 35.5. The van der Waals surface area contributed by atoms with Crippen molar-refractivity contribution in [3.05, 3.63) is 64.4 Å². The van der Waals surface area contributed by atoms with Crippen LogP contribution < -0.4 is 11.3 Å². The molecule has 2 rings (SSSR count). The van der Waals surface area contributed by atoms with Crippen LogP contribution in [0.5, 0.6) is 0 Å². The third kappa shape index (κ3) is 2.64. The molecule has 0 fully saturated rings. The van der Waals surface area contributed by atoms with Crippen molar-refractivity contribution in [1.82, 2.24) is 10.4 Å². The van der Waals surface area contributed by atoms with Gasteiger partial charge in [0.1, 0.15) is 0 Å². The van der Waals surface area contributed by atoms with E-state index in [2.05, 4.69) is 10.4 Å². The monoisotopic (exact) mass is 247 g/mol. The Labute approximate surface area is 106 Å². The number of aryl methyl sites for hydroxylation is 1. The lowest BCUT2D eigenvalue weighted by atomic mass is 10.00. The molecule has 0 saturated heterocycles. The molecule has 1 aromatic carbocycles. The van der Waals surface area contributed by atoms with E-state index in [4.69, 9.17) is 17.4 Å². The van der Waals surface area contributed by atoms with Crippen LogP contribution in [0.25, 0.3) is 0 Å². The predicted octanol–water partition coefficient (Wildman–Crippen LogP) is 2.60. The number of hydrazine groups is 1. The molecule has 0 radical (unpaired) electrons. The Morgan fingerprint density at radius 2 is 2.18 bits per heavy atom. The number of nitrogens with one attached hydrogen (secondary N) is 1.